The predicted octanol–water partition coefficient (Wildman–Crippen LogP) is 3.88. The van der Waals surface area contributed by atoms with Crippen LogP contribution in [0.2, 0.25) is 0 Å². The molecule has 1 aliphatic heterocycles. The lowest BCUT2D eigenvalue weighted by molar-refractivity contribution is 0.0609. The molecule has 0 saturated carbocycles. The van der Waals surface area contributed by atoms with E-state index >= 15 is 0 Å². The number of nitrogens with one attached hydrogen (secondary N) is 1. The maximum absolute atomic E-state index is 13.2. The lowest BCUT2D eigenvalue weighted by atomic mass is 10.0. The number of para-hydroxylation sites is 1. The molecule has 31 heavy (non-hydrogen) atoms. The van der Waals surface area contributed by atoms with Gasteiger partial charge in [-0.1, -0.05) is 18.2 Å². The van der Waals surface area contributed by atoms with Crippen molar-refractivity contribution in [3.05, 3.63) is 83.7 Å². The Morgan fingerprint density at radius 3 is 2.61 bits per heavy atom. The molecule has 0 fully saturated rings. The number of aromatic nitrogens is 1. The number of pyridine rings is 1. The summed E-state index contributed by atoms with van der Waals surface area (Å²) in [5.74, 6) is 1.20. The molecule has 160 valence electrons. The minimum atomic E-state index is -0.347. The molecule has 1 aliphatic rings. The average molecular weight is 419 g/mol. The standard InChI is InChI=1S/C24H25N3O4/c1-29-14-13-27-23(26-20-6-4-3-5-19(20)24(27)28)18-7-8-21(22(15-18)30-2)31-16-17-9-11-25-12-10-17/h3-12,15,23,26H,13-14,16H2,1-2H3/t23-/m0/s1. The summed E-state index contributed by atoms with van der Waals surface area (Å²) in [5.41, 5.74) is 3.37. The van der Waals surface area contributed by atoms with Gasteiger partial charge >= 0.3 is 0 Å². The van der Waals surface area contributed by atoms with Crippen LogP contribution in [0.1, 0.15) is 27.7 Å². The van der Waals surface area contributed by atoms with Crippen LogP contribution in [-0.2, 0) is 11.3 Å². The van der Waals surface area contributed by atoms with Gasteiger partial charge in [0.05, 0.1) is 19.3 Å². The van der Waals surface area contributed by atoms with Gasteiger partial charge in [-0.25, -0.2) is 0 Å². The van der Waals surface area contributed by atoms with Gasteiger partial charge in [0.15, 0.2) is 11.5 Å². The van der Waals surface area contributed by atoms with Crippen LogP contribution in [0.25, 0.3) is 0 Å². The molecule has 0 saturated heterocycles. The second kappa shape index (κ2) is 9.49. The fourth-order valence-corrected chi connectivity index (χ4v) is 3.59. The van der Waals surface area contributed by atoms with Crippen molar-refractivity contribution in [3.8, 4) is 11.5 Å². The lowest BCUT2D eigenvalue weighted by Gasteiger charge is -2.38. The molecule has 1 atom stereocenters. The number of methoxy groups -OCH3 is 2. The molecule has 0 aliphatic carbocycles. The first kappa shape index (κ1) is 20.7. The van der Waals surface area contributed by atoms with E-state index in [2.05, 4.69) is 10.3 Å². The number of anilines is 1. The normalized spacial score (nSPS) is 15.2. The van der Waals surface area contributed by atoms with E-state index in [0.717, 1.165) is 16.8 Å². The predicted molar refractivity (Wildman–Crippen MR) is 117 cm³/mol. The Morgan fingerprint density at radius 2 is 1.84 bits per heavy atom. The fraction of sp³-hybridized carbons (Fsp3) is 0.250. The van der Waals surface area contributed by atoms with Crippen molar-refractivity contribution >= 4 is 11.6 Å². The number of ether oxygens (including phenoxy) is 3. The number of hydrogen-bond donors (Lipinski definition) is 1. The van der Waals surface area contributed by atoms with Crippen LogP contribution < -0.4 is 14.8 Å². The first-order chi connectivity index (χ1) is 15.2. The number of amides is 1. The Kier molecular flexibility index (Phi) is 6.33. The van der Waals surface area contributed by atoms with E-state index in [9.17, 15) is 4.79 Å². The quantitative estimate of drug-likeness (QED) is 0.597. The summed E-state index contributed by atoms with van der Waals surface area (Å²) in [7, 11) is 3.23. The SMILES string of the molecule is COCCN1C(=O)c2ccccc2N[C@@H]1c1ccc(OCc2ccncc2)c(OC)c1. The molecular formula is C24H25N3O4. The van der Waals surface area contributed by atoms with E-state index in [1.807, 2.05) is 54.6 Å². The third-order valence-electron chi connectivity index (χ3n) is 5.21. The average Bonchev–Trinajstić information content (AvgIpc) is 2.82. The number of fused-ring (bicyclic) bond motifs is 1. The number of nitrogens with zero attached hydrogens (tertiary/aromatic N) is 2. The van der Waals surface area contributed by atoms with Crippen molar-refractivity contribution in [1.29, 1.82) is 0 Å². The molecule has 7 heteroatoms. The van der Waals surface area contributed by atoms with Crippen LogP contribution in [-0.4, -0.2) is 43.2 Å². The van der Waals surface area contributed by atoms with Crippen LogP contribution in [0.4, 0.5) is 5.69 Å². The van der Waals surface area contributed by atoms with E-state index in [-0.39, 0.29) is 12.1 Å². The van der Waals surface area contributed by atoms with Crippen molar-refractivity contribution in [1.82, 2.24) is 9.88 Å². The Labute approximate surface area is 181 Å². The zero-order valence-corrected chi connectivity index (χ0v) is 17.6. The van der Waals surface area contributed by atoms with Crippen molar-refractivity contribution in [2.75, 3.05) is 32.7 Å². The maximum Gasteiger partial charge on any atom is 0.257 e. The minimum Gasteiger partial charge on any atom is -0.493 e. The molecule has 1 amide bonds. The molecule has 0 spiro atoms. The molecule has 2 aromatic carbocycles. The number of rotatable bonds is 8. The zero-order chi connectivity index (χ0) is 21.6. The highest BCUT2D eigenvalue weighted by molar-refractivity contribution is 6.01. The van der Waals surface area contributed by atoms with Gasteiger partial charge in [-0.05, 0) is 47.5 Å². The van der Waals surface area contributed by atoms with Gasteiger partial charge in [-0.15, -0.1) is 0 Å². The maximum atomic E-state index is 13.2. The molecular weight excluding hydrogens is 394 g/mol. The number of benzene rings is 2. The number of carbonyl (C=O) groups excluding carboxylic acids is 1. The highest BCUT2D eigenvalue weighted by Gasteiger charge is 2.33. The van der Waals surface area contributed by atoms with Gasteiger partial charge in [0.1, 0.15) is 12.8 Å². The van der Waals surface area contributed by atoms with Crippen LogP contribution in [0.5, 0.6) is 11.5 Å². The summed E-state index contributed by atoms with van der Waals surface area (Å²) in [6.07, 6.45) is 3.12. The Balaban J connectivity index is 1.61. The van der Waals surface area contributed by atoms with E-state index < -0.39 is 0 Å². The zero-order valence-electron chi connectivity index (χ0n) is 17.6. The van der Waals surface area contributed by atoms with Gasteiger partial charge in [-0.2, -0.15) is 0 Å². The summed E-state index contributed by atoms with van der Waals surface area (Å²) in [5, 5.41) is 3.48. The molecule has 0 unspecified atom stereocenters. The molecule has 4 rings (SSSR count). The molecule has 2 heterocycles. The van der Waals surface area contributed by atoms with Crippen molar-refractivity contribution in [2.24, 2.45) is 0 Å². The molecule has 3 aromatic rings. The summed E-state index contributed by atoms with van der Waals surface area (Å²) in [6.45, 7) is 1.31. The van der Waals surface area contributed by atoms with Gasteiger partial charge < -0.3 is 24.4 Å². The summed E-state index contributed by atoms with van der Waals surface area (Å²) in [4.78, 5) is 19.0. The van der Waals surface area contributed by atoms with Crippen molar-refractivity contribution in [2.45, 2.75) is 12.8 Å². The summed E-state index contributed by atoms with van der Waals surface area (Å²) >= 11 is 0. The second-order valence-electron chi connectivity index (χ2n) is 7.14. The first-order valence-electron chi connectivity index (χ1n) is 10.1. The van der Waals surface area contributed by atoms with Crippen molar-refractivity contribution < 1.29 is 19.0 Å². The van der Waals surface area contributed by atoms with Gasteiger partial charge in [0.25, 0.3) is 5.91 Å². The van der Waals surface area contributed by atoms with Crippen LogP contribution in [0.3, 0.4) is 0 Å². The molecule has 1 aromatic heterocycles. The smallest absolute Gasteiger partial charge is 0.257 e. The van der Waals surface area contributed by atoms with E-state index in [1.54, 1.807) is 31.5 Å². The van der Waals surface area contributed by atoms with Gasteiger partial charge in [0, 0.05) is 31.7 Å². The first-order valence-corrected chi connectivity index (χ1v) is 10.1. The van der Waals surface area contributed by atoms with Gasteiger partial charge in [0.2, 0.25) is 0 Å². The van der Waals surface area contributed by atoms with Crippen LogP contribution >= 0.6 is 0 Å². The van der Waals surface area contributed by atoms with E-state index in [1.165, 1.54) is 0 Å². The highest BCUT2D eigenvalue weighted by atomic mass is 16.5. The Hall–Kier alpha value is -3.58. The third kappa shape index (κ3) is 4.46. The molecule has 0 radical (unpaired) electrons. The summed E-state index contributed by atoms with van der Waals surface area (Å²) in [6, 6.07) is 17.1. The highest BCUT2D eigenvalue weighted by Crippen LogP contribution is 2.37. The van der Waals surface area contributed by atoms with Crippen molar-refractivity contribution in [3.63, 3.8) is 0 Å². The fourth-order valence-electron chi connectivity index (χ4n) is 3.59. The minimum absolute atomic E-state index is 0.0339. The number of carbonyl (C=O) groups is 1. The second-order valence-corrected chi connectivity index (χ2v) is 7.14. The third-order valence-corrected chi connectivity index (χ3v) is 5.21. The Bertz CT molecular complexity index is 1040. The topological polar surface area (TPSA) is 72.9 Å². The summed E-state index contributed by atoms with van der Waals surface area (Å²) < 4.78 is 16.8. The lowest BCUT2D eigenvalue weighted by Crippen LogP contribution is -2.44. The van der Waals surface area contributed by atoms with Crippen LogP contribution in [0.15, 0.2) is 67.0 Å². The number of hydrogen-bond acceptors (Lipinski definition) is 6. The Morgan fingerprint density at radius 1 is 1.03 bits per heavy atom. The van der Waals surface area contributed by atoms with E-state index in [0.29, 0.717) is 36.8 Å². The largest absolute Gasteiger partial charge is 0.493 e. The van der Waals surface area contributed by atoms with Crippen LogP contribution in [0, 0.1) is 0 Å². The molecule has 0 bridgehead atoms. The van der Waals surface area contributed by atoms with E-state index in [4.69, 9.17) is 14.2 Å². The van der Waals surface area contributed by atoms with Gasteiger partial charge in [-0.3, -0.25) is 9.78 Å². The molecule has 1 N–H and O–H groups in total. The molecule has 7 nitrogen and oxygen atoms in total. The monoisotopic (exact) mass is 419 g/mol.